The Bertz CT molecular complexity index is 1100. The SMILES string of the molecule is COc1ccc(-c2nnc(SCc3ccccc3F)c3nc(C)sc23)cc1. The molecule has 0 saturated heterocycles. The van der Waals surface area contributed by atoms with Gasteiger partial charge in [0.15, 0.2) is 0 Å². The van der Waals surface area contributed by atoms with E-state index < -0.39 is 0 Å². The zero-order valence-electron chi connectivity index (χ0n) is 14.8. The van der Waals surface area contributed by atoms with Gasteiger partial charge in [0.2, 0.25) is 0 Å². The van der Waals surface area contributed by atoms with E-state index in [0.717, 1.165) is 37.3 Å². The number of halogens is 1. The number of ether oxygens (including phenoxy) is 1. The van der Waals surface area contributed by atoms with Crippen molar-refractivity contribution in [3.05, 3.63) is 64.9 Å². The molecule has 0 aliphatic heterocycles. The molecule has 7 heteroatoms. The minimum Gasteiger partial charge on any atom is -0.497 e. The Morgan fingerprint density at radius 2 is 1.85 bits per heavy atom. The van der Waals surface area contributed by atoms with Crippen molar-refractivity contribution < 1.29 is 9.13 Å². The lowest BCUT2D eigenvalue weighted by molar-refractivity contribution is 0.415. The van der Waals surface area contributed by atoms with Crippen molar-refractivity contribution in [1.29, 1.82) is 0 Å². The Labute approximate surface area is 164 Å². The van der Waals surface area contributed by atoms with Gasteiger partial charge < -0.3 is 4.74 Å². The maximum atomic E-state index is 13.9. The zero-order chi connectivity index (χ0) is 18.8. The van der Waals surface area contributed by atoms with E-state index in [4.69, 9.17) is 4.74 Å². The van der Waals surface area contributed by atoms with Gasteiger partial charge in [0, 0.05) is 11.3 Å². The average molecular weight is 398 g/mol. The summed E-state index contributed by atoms with van der Waals surface area (Å²) in [5.41, 5.74) is 3.22. The van der Waals surface area contributed by atoms with Gasteiger partial charge in [-0.15, -0.1) is 21.5 Å². The number of hydrogen-bond acceptors (Lipinski definition) is 6. The molecule has 2 aromatic heterocycles. The van der Waals surface area contributed by atoms with Crippen molar-refractivity contribution in [2.24, 2.45) is 0 Å². The summed E-state index contributed by atoms with van der Waals surface area (Å²) in [7, 11) is 1.64. The van der Waals surface area contributed by atoms with Crippen molar-refractivity contribution in [2.75, 3.05) is 7.11 Å². The molecule has 2 aromatic carbocycles. The van der Waals surface area contributed by atoms with E-state index in [1.165, 1.54) is 17.8 Å². The second-order valence-electron chi connectivity index (χ2n) is 5.87. The van der Waals surface area contributed by atoms with E-state index in [9.17, 15) is 4.39 Å². The van der Waals surface area contributed by atoms with Gasteiger partial charge >= 0.3 is 0 Å². The number of fused-ring (bicyclic) bond motifs is 1. The molecule has 0 unspecified atom stereocenters. The van der Waals surface area contributed by atoms with Crippen LogP contribution in [0.5, 0.6) is 5.75 Å². The highest BCUT2D eigenvalue weighted by Crippen LogP contribution is 2.36. The number of nitrogens with zero attached hydrogens (tertiary/aromatic N) is 3. The molecular weight excluding hydrogens is 381 g/mol. The van der Waals surface area contributed by atoms with E-state index in [0.29, 0.717) is 11.3 Å². The molecule has 4 aromatic rings. The number of methoxy groups -OCH3 is 1. The van der Waals surface area contributed by atoms with Crippen LogP contribution in [0.15, 0.2) is 53.6 Å². The Morgan fingerprint density at radius 1 is 1.07 bits per heavy atom. The van der Waals surface area contributed by atoms with Gasteiger partial charge in [0.05, 0.1) is 16.8 Å². The molecule has 0 aliphatic carbocycles. The zero-order valence-corrected chi connectivity index (χ0v) is 16.4. The van der Waals surface area contributed by atoms with Crippen LogP contribution < -0.4 is 4.74 Å². The van der Waals surface area contributed by atoms with Crippen LogP contribution in [-0.2, 0) is 5.75 Å². The first kappa shape index (κ1) is 17.9. The minimum absolute atomic E-state index is 0.210. The first-order valence-electron chi connectivity index (χ1n) is 8.30. The lowest BCUT2D eigenvalue weighted by Crippen LogP contribution is -1.94. The molecule has 0 fully saturated rings. The van der Waals surface area contributed by atoms with Crippen LogP contribution in [0.4, 0.5) is 4.39 Å². The van der Waals surface area contributed by atoms with Crippen LogP contribution in [0, 0.1) is 12.7 Å². The number of benzene rings is 2. The molecule has 0 amide bonds. The molecule has 0 N–H and O–H groups in total. The topological polar surface area (TPSA) is 47.9 Å². The van der Waals surface area contributed by atoms with Crippen molar-refractivity contribution in [2.45, 2.75) is 17.7 Å². The molecule has 0 spiro atoms. The van der Waals surface area contributed by atoms with Crippen LogP contribution in [0.2, 0.25) is 0 Å². The number of rotatable bonds is 5. The normalized spacial score (nSPS) is 11.1. The Hall–Kier alpha value is -2.51. The second-order valence-corrected chi connectivity index (χ2v) is 8.04. The number of hydrogen-bond donors (Lipinski definition) is 0. The average Bonchev–Trinajstić information content (AvgIpc) is 3.09. The van der Waals surface area contributed by atoms with Gasteiger partial charge in [-0.3, -0.25) is 0 Å². The predicted molar refractivity (Wildman–Crippen MR) is 108 cm³/mol. The van der Waals surface area contributed by atoms with Gasteiger partial charge in [-0.05, 0) is 42.8 Å². The van der Waals surface area contributed by atoms with E-state index in [1.807, 2.05) is 37.3 Å². The fraction of sp³-hybridized carbons (Fsp3) is 0.150. The summed E-state index contributed by atoms with van der Waals surface area (Å²) in [6, 6.07) is 14.5. The quantitative estimate of drug-likeness (QED) is 0.416. The van der Waals surface area contributed by atoms with Gasteiger partial charge in [-0.25, -0.2) is 9.37 Å². The molecule has 0 aliphatic rings. The largest absolute Gasteiger partial charge is 0.497 e. The van der Waals surface area contributed by atoms with Crippen LogP contribution in [-0.4, -0.2) is 22.3 Å². The molecule has 0 saturated carbocycles. The molecule has 0 atom stereocenters. The van der Waals surface area contributed by atoms with E-state index in [2.05, 4.69) is 15.2 Å². The third-order valence-electron chi connectivity index (χ3n) is 4.08. The third kappa shape index (κ3) is 3.65. The molecule has 27 heavy (non-hydrogen) atoms. The van der Waals surface area contributed by atoms with Crippen molar-refractivity contribution >= 4 is 33.3 Å². The lowest BCUT2D eigenvalue weighted by atomic mass is 10.1. The first-order chi connectivity index (χ1) is 13.2. The van der Waals surface area contributed by atoms with Gasteiger partial charge in [-0.1, -0.05) is 30.0 Å². The van der Waals surface area contributed by atoms with Crippen LogP contribution >= 0.6 is 23.1 Å². The highest BCUT2D eigenvalue weighted by molar-refractivity contribution is 7.98. The van der Waals surface area contributed by atoms with Crippen molar-refractivity contribution in [1.82, 2.24) is 15.2 Å². The maximum Gasteiger partial charge on any atom is 0.146 e. The van der Waals surface area contributed by atoms with Crippen LogP contribution in [0.1, 0.15) is 10.6 Å². The molecule has 136 valence electrons. The number of thioether (sulfide) groups is 1. The number of thiazole rings is 1. The Kier molecular flexibility index (Phi) is 5.05. The number of aromatic nitrogens is 3. The molecule has 0 radical (unpaired) electrons. The van der Waals surface area contributed by atoms with Crippen molar-refractivity contribution in [3.8, 4) is 17.0 Å². The summed E-state index contributed by atoms with van der Waals surface area (Å²) in [5, 5.41) is 10.5. The van der Waals surface area contributed by atoms with E-state index >= 15 is 0 Å². The molecule has 4 nitrogen and oxygen atoms in total. The Morgan fingerprint density at radius 3 is 2.59 bits per heavy atom. The molecule has 0 bridgehead atoms. The number of aryl methyl sites for hydroxylation is 1. The third-order valence-corrected chi connectivity index (χ3v) is 6.06. The fourth-order valence-electron chi connectivity index (χ4n) is 2.72. The van der Waals surface area contributed by atoms with Gasteiger partial charge in [0.25, 0.3) is 0 Å². The van der Waals surface area contributed by atoms with Gasteiger partial charge in [-0.2, -0.15) is 0 Å². The lowest BCUT2D eigenvalue weighted by Gasteiger charge is -2.06. The van der Waals surface area contributed by atoms with E-state index in [-0.39, 0.29) is 5.82 Å². The first-order valence-corrected chi connectivity index (χ1v) is 10.1. The summed E-state index contributed by atoms with van der Waals surface area (Å²) in [4.78, 5) is 4.64. The molecular formula is C20H16FN3OS2. The summed E-state index contributed by atoms with van der Waals surface area (Å²) >= 11 is 3.04. The fourth-order valence-corrected chi connectivity index (χ4v) is 4.62. The summed E-state index contributed by atoms with van der Waals surface area (Å²) in [6.45, 7) is 1.97. The monoisotopic (exact) mass is 397 g/mol. The molecule has 2 heterocycles. The maximum absolute atomic E-state index is 13.9. The predicted octanol–water partition coefficient (Wildman–Crippen LogP) is 5.50. The summed E-state index contributed by atoms with van der Waals surface area (Å²) in [6.07, 6.45) is 0. The highest BCUT2D eigenvalue weighted by Gasteiger charge is 2.16. The highest BCUT2D eigenvalue weighted by atomic mass is 32.2. The van der Waals surface area contributed by atoms with Crippen molar-refractivity contribution in [3.63, 3.8) is 0 Å². The smallest absolute Gasteiger partial charge is 0.146 e. The second kappa shape index (κ2) is 7.62. The minimum atomic E-state index is -0.210. The Balaban J connectivity index is 1.70. The summed E-state index contributed by atoms with van der Waals surface area (Å²) < 4.78 is 20.1. The molecule has 4 rings (SSSR count). The van der Waals surface area contributed by atoms with Crippen LogP contribution in [0.3, 0.4) is 0 Å². The van der Waals surface area contributed by atoms with Crippen LogP contribution in [0.25, 0.3) is 21.5 Å². The standard InChI is InChI=1S/C20H16FN3OS2/c1-12-22-18-19(27-12)17(13-7-9-15(25-2)10-8-13)23-24-20(18)26-11-14-5-3-4-6-16(14)21/h3-10H,11H2,1-2H3. The summed E-state index contributed by atoms with van der Waals surface area (Å²) in [5.74, 6) is 1.06. The van der Waals surface area contributed by atoms with Gasteiger partial charge in [0.1, 0.15) is 27.8 Å². The van der Waals surface area contributed by atoms with E-state index in [1.54, 1.807) is 30.6 Å².